The Kier molecular flexibility index (Phi) is 5.56. The molecule has 0 radical (unpaired) electrons. The highest BCUT2D eigenvalue weighted by Crippen LogP contribution is 2.20. The van der Waals surface area contributed by atoms with Crippen molar-refractivity contribution < 1.29 is 30.9 Å². The van der Waals surface area contributed by atoms with Gasteiger partial charge in [0.2, 0.25) is 5.23 Å². The van der Waals surface area contributed by atoms with E-state index in [1.165, 1.54) is 0 Å². The van der Waals surface area contributed by atoms with Crippen molar-refractivity contribution in [3.8, 4) is 0 Å². The van der Waals surface area contributed by atoms with E-state index in [0.29, 0.717) is 6.10 Å². The number of halogens is 3. The van der Waals surface area contributed by atoms with Crippen LogP contribution in [0.5, 0.6) is 0 Å². The van der Waals surface area contributed by atoms with Gasteiger partial charge < -0.3 is 4.74 Å². The van der Waals surface area contributed by atoms with Gasteiger partial charge in [-0.3, -0.25) is 4.55 Å². The SMILES string of the molecule is CSC1=NC[C@@H](C)O1.O=S(=O)(O)C(F)(F)F. The predicted octanol–water partition coefficient (Wildman–Crippen LogP) is 1.52. The fourth-order valence-electron chi connectivity index (χ4n) is 0.562. The average molecular weight is 281 g/mol. The van der Waals surface area contributed by atoms with Gasteiger partial charge in [0.05, 0.1) is 6.54 Å². The molecule has 0 saturated carbocycles. The molecule has 0 aromatic heterocycles. The van der Waals surface area contributed by atoms with Crippen molar-refractivity contribution >= 4 is 27.1 Å². The van der Waals surface area contributed by atoms with Gasteiger partial charge in [-0.2, -0.15) is 21.6 Å². The number of ether oxygens (including phenoxy) is 1. The lowest BCUT2D eigenvalue weighted by Gasteiger charge is -2.00. The van der Waals surface area contributed by atoms with E-state index in [1.807, 2.05) is 13.2 Å². The standard InChI is InChI=1S/C5H9NOS.CHF3O3S/c1-4-3-6-5(7-4)8-2;2-1(3,4)8(5,6)7/h4H,3H2,1-2H3;(H,5,6,7)/t4-;/m1./s1. The first-order valence-corrected chi connectivity index (χ1v) is 6.53. The van der Waals surface area contributed by atoms with Gasteiger partial charge in [-0.25, -0.2) is 4.99 Å². The van der Waals surface area contributed by atoms with Gasteiger partial charge >= 0.3 is 15.6 Å². The number of alkyl halides is 3. The lowest BCUT2D eigenvalue weighted by Crippen LogP contribution is -2.21. The van der Waals surface area contributed by atoms with Crippen molar-refractivity contribution in [1.29, 1.82) is 0 Å². The van der Waals surface area contributed by atoms with E-state index in [2.05, 4.69) is 4.99 Å². The second-order valence-corrected chi connectivity index (χ2v) is 4.83. The molecular weight excluding hydrogens is 271 g/mol. The molecule has 1 atom stereocenters. The minimum absolute atomic E-state index is 0.303. The van der Waals surface area contributed by atoms with E-state index in [4.69, 9.17) is 17.7 Å². The summed E-state index contributed by atoms with van der Waals surface area (Å²) in [6.45, 7) is 2.85. The molecule has 1 aliphatic rings. The van der Waals surface area contributed by atoms with Gasteiger partial charge in [-0.15, -0.1) is 0 Å². The Morgan fingerprint density at radius 1 is 1.56 bits per heavy atom. The maximum Gasteiger partial charge on any atom is 0.522 e. The van der Waals surface area contributed by atoms with E-state index in [-0.39, 0.29) is 0 Å². The van der Waals surface area contributed by atoms with E-state index in [0.717, 1.165) is 11.8 Å². The first-order valence-electron chi connectivity index (χ1n) is 3.86. The van der Waals surface area contributed by atoms with Crippen molar-refractivity contribution in [2.24, 2.45) is 4.99 Å². The molecule has 1 aliphatic heterocycles. The normalized spacial score (nSPS) is 20.6. The summed E-state index contributed by atoms with van der Waals surface area (Å²) >= 11 is 1.56. The van der Waals surface area contributed by atoms with Crippen LogP contribution < -0.4 is 0 Å². The molecule has 10 heteroatoms. The molecule has 0 spiro atoms. The molecule has 0 unspecified atom stereocenters. The van der Waals surface area contributed by atoms with Crippen LogP contribution >= 0.6 is 11.8 Å². The van der Waals surface area contributed by atoms with E-state index in [9.17, 15) is 13.2 Å². The summed E-state index contributed by atoms with van der Waals surface area (Å²) in [6.07, 6.45) is 2.27. The van der Waals surface area contributed by atoms with Crippen molar-refractivity contribution in [1.82, 2.24) is 0 Å². The number of thioether (sulfide) groups is 1. The summed E-state index contributed by atoms with van der Waals surface area (Å²) in [6, 6.07) is 0. The lowest BCUT2D eigenvalue weighted by molar-refractivity contribution is -0.0510. The van der Waals surface area contributed by atoms with Crippen LogP contribution in [0.1, 0.15) is 6.92 Å². The monoisotopic (exact) mass is 281 g/mol. The van der Waals surface area contributed by atoms with Crippen molar-refractivity contribution in [2.45, 2.75) is 18.5 Å². The summed E-state index contributed by atoms with van der Waals surface area (Å²) in [4.78, 5) is 4.09. The summed E-state index contributed by atoms with van der Waals surface area (Å²) < 4.78 is 62.8. The number of nitrogens with zero attached hydrogens (tertiary/aromatic N) is 1. The summed E-state index contributed by atoms with van der Waals surface area (Å²) in [5.74, 6) is 0. The van der Waals surface area contributed by atoms with Gasteiger partial charge in [-0.1, -0.05) is 11.8 Å². The molecule has 96 valence electrons. The number of hydrogen-bond donors (Lipinski definition) is 1. The highest BCUT2D eigenvalue weighted by Gasteiger charge is 2.44. The molecule has 16 heavy (non-hydrogen) atoms. The Bertz CT molecular complexity index is 351. The highest BCUT2D eigenvalue weighted by atomic mass is 32.2. The number of hydrogen-bond acceptors (Lipinski definition) is 5. The van der Waals surface area contributed by atoms with Crippen LogP contribution in [-0.2, 0) is 14.9 Å². The lowest BCUT2D eigenvalue weighted by atomic mass is 10.4. The van der Waals surface area contributed by atoms with Crippen molar-refractivity contribution in [3.63, 3.8) is 0 Å². The van der Waals surface area contributed by atoms with Crippen molar-refractivity contribution in [2.75, 3.05) is 12.8 Å². The third kappa shape index (κ3) is 5.56. The second kappa shape index (κ2) is 5.73. The summed E-state index contributed by atoms with van der Waals surface area (Å²) in [5, 5.41) is 0.831. The summed E-state index contributed by atoms with van der Waals surface area (Å²) in [5.41, 5.74) is -5.53. The van der Waals surface area contributed by atoms with E-state index >= 15 is 0 Å². The molecule has 0 saturated heterocycles. The van der Waals surface area contributed by atoms with Crippen LogP contribution in [0.15, 0.2) is 4.99 Å². The van der Waals surface area contributed by atoms with Crippen LogP contribution in [0.3, 0.4) is 0 Å². The quantitative estimate of drug-likeness (QED) is 0.538. The molecule has 1 N–H and O–H groups in total. The smallest absolute Gasteiger partial charge is 0.468 e. The Hall–Kier alpha value is -0.480. The summed E-state index contributed by atoms with van der Waals surface area (Å²) in [7, 11) is -5.84. The van der Waals surface area contributed by atoms with Gasteiger partial charge in [0.25, 0.3) is 0 Å². The second-order valence-electron chi connectivity index (χ2n) is 2.66. The highest BCUT2D eigenvalue weighted by molar-refractivity contribution is 8.12. The Balaban J connectivity index is 0.000000281. The molecule has 0 fully saturated rings. The van der Waals surface area contributed by atoms with Crippen LogP contribution in [-0.4, -0.2) is 42.6 Å². The predicted molar refractivity (Wildman–Crippen MR) is 54.0 cm³/mol. The molecule has 0 aliphatic carbocycles. The zero-order valence-electron chi connectivity index (χ0n) is 8.35. The van der Waals surface area contributed by atoms with Crippen LogP contribution in [0.25, 0.3) is 0 Å². The molecule has 0 bridgehead atoms. The first-order chi connectivity index (χ1) is 7.08. The molecule has 0 aromatic carbocycles. The van der Waals surface area contributed by atoms with Gasteiger partial charge in [0, 0.05) is 0 Å². The van der Waals surface area contributed by atoms with Crippen LogP contribution in [0.4, 0.5) is 13.2 Å². The van der Waals surface area contributed by atoms with Gasteiger partial charge in [0.1, 0.15) is 6.10 Å². The largest absolute Gasteiger partial charge is 0.522 e. The van der Waals surface area contributed by atoms with Gasteiger partial charge in [-0.05, 0) is 13.2 Å². The number of aliphatic imine (C=N–C) groups is 1. The van der Waals surface area contributed by atoms with Crippen LogP contribution in [0, 0.1) is 0 Å². The van der Waals surface area contributed by atoms with Crippen molar-refractivity contribution in [3.05, 3.63) is 0 Å². The minimum atomic E-state index is -5.84. The van der Waals surface area contributed by atoms with Crippen LogP contribution in [0.2, 0.25) is 0 Å². The molecule has 1 heterocycles. The Morgan fingerprint density at radius 3 is 2.12 bits per heavy atom. The first kappa shape index (κ1) is 15.5. The third-order valence-electron chi connectivity index (χ3n) is 1.25. The average Bonchev–Trinajstić information content (AvgIpc) is 2.48. The molecule has 0 amide bonds. The third-order valence-corrected chi connectivity index (χ3v) is 2.41. The molecular formula is C6H10F3NO4S2. The Labute approximate surface area is 94.8 Å². The Morgan fingerprint density at radius 2 is 2.00 bits per heavy atom. The van der Waals surface area contributed by atoms with E-state index in [1.54, 1.807) is 11.8 Å². The zero-order valence-corrected chi connectivity index (χ0v) is 9.99. The minimum Gasteiger partial charge on any atom is -0.468 e. The van der Waals surface area contributed by atoms with Gasteiger partial charge in [0.15, 0.2) is 0 Å². The topological polar surface area (TPSA) is 76.0 Å². The maximum atomic E-state index is 10.7. The molecule has 0 aromatic rings. The van der Waals surface area contributed by atoms with E-state index < -0.39 is 15.6 Å². The molecule has 1 rings (SSSR count). The number of rotatable bonds is 0. The maximum absolute atomic E-state index is 10.7. The fraction of sp³-hybridized carbons (Fsp3) is 0.833. The fourth-order valence-corrected chi connectivity index (χ4v) is 1.03. The molecule has 5 nitrogen and oxygen atoms in total. The zero-order chi connectivity index (χ0) is 13.0.